The Morgan fingerprint density at radius 2 is 1.83 bits per heavy atom. The zero-order valence-electron chi connectivity index (χ0n) is 12.0. The Kier molecular flexibility index (Phi) is 4.66. The van der Waals surface area contributed by atoms with E-state index in [0.29, 0.717) is 6.04 Å². The highest BCUT2D eigenvalue weighted by Crippen LogP contribution is 2.33. The summed E-state index contributed by atoms with van der Waals surface area (Å²) in [6.45, 7) is 6.81. The molecule has 0 amide bonds. The first-order chi connectivity index (χ1) is 8.60. The molecule has 0 aromatic rings. The van der Waals surface area contributed by atoms with Crippen molar-refractivity contribution in [2.24, 2.45) is 17.8 Å². The Balaban J connectivity index is 1.93. The van der Waals surface area contributed by atoms with Gasteiger partial charge in [-0.05, 0) is 50.5 Å². The van der Waals surface area contributed by atoms with Gasteiger partial charge in [0.2, 0.25) is 0 Å². The van der Waals surface area contributed by atoms with Gasteiger partial charge in [-0.1, -0.05) is 13.8 Å². The Bertz CT molecular complexity index is 282. The normalized spacial score (nSPS) is 38.4. The quantitative estimate of drug-likeness (QED) is 0.709. The van der Waals surface area contributed by atoms with E-state index in [1.54, 1.807) is 0 Å². The van der Waals surface area contributed by atoms with Crippen LogP contribution in [-0.2, 0) is 9.53 Å². The first kappa shape index (κ1) is 13.9. The molecule has 0 spiro atoms. The van der Waals surface area contributed by atoms with Gasteiger partial charge in [-0.15, -0.1) is 0 Å². The second-order valence-corrected chi connectivity index (χ2v) is 6.43. The maximum Gasteiger partial charge on any atom is 0.309 e. The summed E-state index contributed by atoms with van der Waals surface area (Å²) in [7, 11) is 1.51. The number of carbonyl (C=O) groups excluding carboxylic acids is 1. The highest BCUT2D eigenvalue weighted by molar-refractivity contribution is 5.72. The van der Waals surface area contributed by atoms with Crippen LogP contribution in [0, 0.1) is 17.8 Å². The SMILES string of the molecule is COC(=O)C1CCCN(C2CC(C)CC(C)C2)C1. The van der Waals surface area contributed by atoms with Crippen LogP contribution < -0.4 is 0 Å². The molecule has 0 aromatic carbocycles. The van der Waals surface area contributed by atoms with Crippen LogP contribution in [0.3, 0.4) is 0 Å². The fourth-order valence-electron chi connectivity index (χ4n) is 3.90. The molecule has 0 radical (unpaired) electrons. The van der Waals surface area contributed by atoms with Crippen LogP contribution in [0.2, 0.25) is 0 Å². The maximum absolute atomic E-state index is 11.7. The number of piperidine rings is 1. The van der Waals surface area contributed by atoms with Gasteiger partial charge in [-0.25, -0.2) is 0 Å². The lowest BCUT2D eigenvalue weighted by atomic mass is 9.79. The average Bonchev–Trinajstić information content (AvgIpc) is 2.37. The van der Waals surface area contributed by atoms with Crippen molar-refractivity contribution in [3.05, 3.63) is 0 Å². The lowest BCUT2D eigenvalue weighted by Crippen LogP contribution is -2.47. The van der Waals surface area contributed by atoms with E-state index in [0.717, 1.165) is 37.8 Å². The van der Waals surface area contributed by atoms with E-state index in [4.69, 9.17) is 4.74 Å². The van der Waals surface area contributed by atoms with Gasteiger partial charge >= 0.3 is 5.97 Å². The molecule has 0 bridgehead atoms. The van der Waals surface area contributed by atoms with Crippen LogP contribution in [-0.4, -0.2) is 37.1 Å². The Morgan fingerprint density at radius 3 is 2.44 bits per heavy atom. The minimum atomic E-state index is -0.0170. The topological polar surface area (TPSA) is 29.5 Å². The van der Waals surface area contributed by atoms with Crippen LogP contribution in [0.15, 0.2) is 0 Å². The number of hydrogen-bond donors (Lipinski definition) is 0. The van der Waals surface area contributed by atoms with Gasteiger partial charge in [0.1, 0.15) is 0 Å². The van der Waals surface area contributed by atoms with Crippen molar-refractivity contribution in [3.63, 3.8) is 0 Å². The first-order valence-corrected chi connectivity index (χ1v) is 7.42. The molecule has 1 heterocycles. The largest absolute Gasteiger partial charge is 0.469 e. The summed E-state index contributed by atoms with van der Waals surface area (Å²) >= 11 is 0. The van der Waals surface area contributed by atoms with Gasteiger partial charge in [0, 0.05) is 12.6 Å². The zero-order chi connectivity index (χ0) is 13.1. The third-order valence-corrected chi connectivity index (χ3v) is 4.66. The van der Waals surface area contributed by atoms with Crippen molar-refractivity contribution >= 4 is 5.97 Å². The van der Waals surface area contributed by atoms with Crippen molar-refractivity contribution in [2.45, 2.75) is 52.0 Å². The monoisotopic (exact) mass is 253 g/mol. The number of methoxy groups -OCH3 is 1. The Hall–Kier alpha value is -0.570. The summed E-state index contributed by atoms with van der Waals surface area (Å²) < 4.78 is 4.90. The molecule has 104 valence electrons. The lowest BCUT2D eigenvalue weighted by Gasteiger charge is -2.42. The van der Waals surface area contributed by atoms with Crippen molar-refractivity contribution in [1.29, 1.82) is 0 Å². The second kappa shape index (κ2) is 6.05. The number of esters is 1. The molecular formula is C15H27NO2. The highest BCUT2D eigenvalue weighted by Gasteiger charge is 2.33. The third kappa shape index (κ3) is 3.25. The third-order valence-electron chi connectivity index (χ3n) is 4.66. The summed E-state index contributed by atoms with van der Waals surface area (Å²) in [4.78, 5) is 14.2. The number of likely N-dealkylation sites (tertiary alicyclic amines) is 1. The van der Waals surface area contributed by atoms with Crippen LogP contribution in [0.4, 0.5) is 0 Å². The summed E-state index contributed by atoms with van der Waals surface area (Å²) in [5.74, 6) is 1.75. The minimum absolute atomic E-state index is 0.0170. The maximum atomic E-state index is 11.7. The number of carbonyl (C=O) groups is 1. The summed E-state index contributed by atoms with van der Waals surface area (Å²) in [5, 5.41) is 0. The van der Waals surface area contributed by atoms with Gasteiger partial charge in [-0.3, -0.25) is 9.69 Å². The molecule has 2 rings (SSSR count). The average molecular weight is 253 g/mol. The summed E-state index contributed by atoms with van der Waals surface area (Å²) in [5.41, 5.74) is 0. The van der Waals surface area contributed by atoms with Crippen LogP contribution in [0.1, 0.15) is 46.0 Å². The predicted molar refractivity (Wildman–Crippen MR) is 72.3 cm³/mol. The molecule has 1 saturated carbocycles. The van der Waals surface area contributed by atoms with Gasteiger partial charge in [0.05, 0.1) is 13.0 Å². The van der Waals surface area contributed by atoms with Crippen molar-refractivity contribution in [2.75, 3.05) is 20.2 Å². The van der Waals surface area contributed by atoms with Crippen LogP contribution >= 0.6 is 0 Å². The van der Waals surface area contributed by atoms with E-state index in [-0.39, 0.29) is 11.9 Å². The smallest absolute Gasteiger partial charge is 0.309 e. The fourth-order valence-corrected chi connectivity index (χ4v) is 3.90. The van der Waals surface area contributed by atoms with Crippen molar-refractivity contribution in [3.8, 4) is 0 Å². The van der Waals surface area contributed by atoms with E-state index in [9.17, 15) is 4.79 Å². The first-order valence-electron chi connectivity index (χ1n) is 7.42. The zero-order valence-corrected chi connectivity index (χ0v) is 12.0. The lowest BCUT2D eigenvalue weighted by molar-refractivity contribution is -0.147. The van der Waals surface area contributed by atoms with Gasteiger partial charge in [-0.2, -0.15) is 0 Å². The minimum Gasteiger partial charge on any atom is -0.469 e. The molecule has 2 fully saturated rings. The van der Waals surface area contributed by atoms with Gasteiger partial charge < -0.3 is 4.74 Å². The molecule has 2 aliphatic rings. The molecule has 1 aliphatic heterocycles. The molecule has 1 aliphatic carbocycles. The molecule has 1 saturated heterocycles. The molecule has 3 atom stereocenters. The summed E-state index contributed by atoms with van der Waals surface area (Å²) in [6.07, 6.45) is 6.11. The number of ether oxygens (including phenoxy) is 1. The van der Waals surface area contributed by atoms with E-state index in [1.807, 2.05) is 0 Å². The molecule has 0 aromatic heterocycles. The fraction of sp³-hybridized carbons (Fsp3) is 0.933. The highest BCUT2D eigenvalue weighted by atomic mass is 16.5. The molecule has 0 N–H and O–H groups in total. The van der Waals surface area contributed by atoms with E-state index in [2.05, 4.69) is 18.7 Å². The number of rotatable bonds is 2. The van der Waals surface area contributed by atoms with E-state index >= 15 is 0 Å². The van der Waals surface area contributed by atoms with Crippen LogP contribution in [0.25, 0.3) is 0 Å². The van der Waals surface area contributed by atoms with Crippen molar-refractivity contribution < 1.29 is 9.53 Å². The van der Waals surface area contributed by atoms with Crippen LogP contribution in [0.5, 0.6) is 0 Å². The second-order valence-electron chi connectivity index (χ2n) is 6.43. The van der Waals surface area contributed by atoms with E-state index in [1.165, 1.54) is 26.4 Å². The van der Waals surface area contributed by atoms with Gasteiger partial charge in [0.25, 0.3) is 0 Å². The number of hydrogen-bond acceptors (Lipinski definition) is 3. The van der Waals surface area contributed by atoms with Gasteiger partial charge in [0.15, 0.2) is 0 Å². The molecule has 3 unspecified atom stereocenters. The number of nitrogens with zero attached hydrogens (tertiary/aromatic N) is 1. The Labute approximate surface area is 111 Å². The Morgan fingerprint density at radius 1 is 1.17 bits per heavy atom. The van der Waals surface area contributed by atoms with Crippen molar-refractivity contribution in [1.82, 2.24) is 4.90 Å². The summed E-state index contributed by atoms with van der Waals surface area (Å²) in [6, 6.07) is 0.691. The predicted octanol–water partition coefficient (Wildman–Crippen LogP) is 2.70. The molecule has 3 nitrogen and oxygen atoms in total. The standard InChI is InChI=1S/C15H27NO2/c1-11-7-12(2)9-14(8-11)16-6-4-5-13(10-16)15(17)18-3/h11-14H,4-10H2,1-3H3. The molecular weight excluding hydrogens is 226 g/mol. The molecule has 3 heteroatoms. The van der Waals surface area contributed by atoms with E-state index < -0.39 is 0 Å². The molecule has 18 heavy (non-hydrogen) atoms.